The molecular weight excluding hydrogens is 524 g/mol. The highest BCUT2D eigenvalue weighted by Gasteiger charge is 2.27. The number of benzene rings is 3. The van der Waals surface area contributed by atoms with Crippen LogP contribution in [0.2, 0.25) is 0 Å². The van der Waals surface area contributed by atoms with E-state index >= 15 is 0 Å². The maximum Gasteiger partial charge on any atom is 0.335 e. The molecule has 1 amide bonds. The van der Waals surface area contributed by atoms with Gasteiger partial charge < -0.3 is 23.9 Å². The molecule has 1 aliphatic rings. The molecular formula is C28H28N2O8S. The Balaban J connectivity index is 0.000000327. The van der Waals surface area contributed by atoms with Crippen LogP contribution in [0.4, 0.5) is 0 Å². The Bertz CT molecular complexity index is 1640. The molecule has 10 nitrogen and oxygen atoms in total. The quantitative estimate of drug-likeness (QED) is 0.363. The fraction of sp³-hybridized carbons (Fsp3) is 0.214. The van der Waals surface area contributed by atoms with Crippen molar-refractivity contribution in [3.63, 3.8) is 0 Å². The number of para-hydroxylation sites is 2. The van der Waals surface area contributed by atoms with Crippen LogP contribution >= 0.6 is 0 Å². The number of aromatic nitrogens is 1. The lowest BCUT2D eigenvalue weighted by molar-refractivity contribution is -0.120. The fourth-order valence-corrected chi connectivity index (χ4v) is 5.36. The Morgan fingerprint density at radius 1 is 1.05 bits per heavy atom. The Hall–Kier alpha value is -4.51. The predicted molar refractivity (Wildman–Crippen MR) is 144 cm³/mol. The largest absolute Gasteiger partial charge is 0.495 e. The molecule has 0 aliphatic carbocycles. The number of hydrogen-bond donors (Lipinski definition) is 2. The van der Waals surface area contributed by atoms with E-state index in [1.54, 1.807) is 49.9 Å². The van der Waals surface area contributed by atoms with Crippen molar-refractivity contribution in [2.45, 2.75) is 24.7 Å². The number of hydrogen-bond acceptors (Lipinski definition) is 7. The third kappa shape index (κ3) is 5.83. The summed E-state index contributed by atoms with van der Waals surface area (Å²) >= 11 is 0. The first-order chi connectivity index (χ1) is 18.5. The van der Waals surface area contributed by atoms with E-state index in [1.165, 1.54) is 25.3 Å². The number of ether oxygens (including phenoxy) is 3. The van der Waals surface area contributed by atoms with E-state index in [1.807, 2.05) is 24.3 Å². The first-order valence-electron chi connectivity index (χ1n) is 11.9. The number of methoxy groups -OCH3 is 1. The molecule has 4 aromatic rings. The predicted octanol–water partition coefficient (Wildman–Crippen LogP) is 4.22. The zero-order valence-corrected chi connectivity index (χ0v) is 22.6. The number of sulfonamides is 1. The molecule has 2 N–H and O–H groups in total. The van der Waals surface area contributed by atoms with E-state index in [0.29, 0.717) is 23.3 Å². The summed E-state index contributed by atoms with van der Waals surface area (Å²) < 4.78 is 44.7. The lowest BCUT2D eigenvalue weighted by atomic mass is 9.99. The van der Waals surface area contributed by atoms with Crippen LogP contribution in [0, 0.1) is 6.92 Å². The normalized spacial score (nSPS) is 12.8. The molecule has 0 saturated carbocycles. The zero-order chi connectivity index (χ0) is 28.3. The van der Waals surface area contributed by atoms with Gasteiger partial charge in [-0.3, -0.25) is 4.79 Å². The van der Waals surface area contributed by atoms with Gasteiger partial charge in [-0.25, -0.2) is 17.9 Å². The SMILES string of the molecule is COc1cc(C)ccc1S(=O)(=O)NC(=O)C(C)c1cn(C)c2cc(C(=O)O)ccc12.c1ccc2c(c1)OCO2. The van der Waals surface area contributed by atoms with E-state index < -0.39 is 27.8 Å². The minimum absolute atomic E-state index is 0.125. The standard InChI is InChI=1S/C21H22N2O6S.C7H6O2/c1-12-5-8-19(18(9-12)29-4)30(27,28)22-20(24)13(2)16-11-23(3)17-10-14(21(25)26)6-7-15(16)17;1-2-4-7-6(3-1)8-5-9-7/h5-11,13H,1-4H3,(H,22,24)(H,25,26);1-4H,5H2. The lowest BCUT2D eigenvalue weighted by Gasteiger charge is -2.14. The second-order valence-corrected chi connectivity index (χ2v) is 10.6. The van der Waals surface area contributed by atoms with Crippen molar-refractivity contribution in [2.24, 2.45) is 7.05 Å². The molecule has 0 radical (unpaired) electrons. The average molecular weight is 553 g/mol. The number of carboxylic acid groups (broad SMARTS) is 1. The summed E-state index contributed by atoms with van der Waals surface area (Å²) in [6.45, 7) is 3.76. The molecule has 1 aliphatic heterocycles. The van der Waals surface area contributed by atoms with Crippen molar-refractivity contribution < 1.29 is 37.3 Å². The summed E-state index contributed by atoms with van der Waals surface area (Å²) in [6, 6.07) is 16.8. The molecule has 5 rings (SSSR count). The highest BCUT2D eigenvalue weighted by atomic mass is 32.2. The second-order valence-electron chi connectivity index (χ2n) is 8.93. The molecule has 39 heavy (non-hydrogen) atoms. The van der Waals surface area contributed by atoms with Crippen molar-refractivity contribution in [1.82, 2.24) is 9.29 Å². The first-order valence-corrected chi connectivity index (χ1v) is 13.4. The number of nitrogens with zero attached hydrogens (tertiary/aromatic N) is 1. The van der Waals surface area contributed by atoms with Gasteiger partial charge >= 0.3 is 5.97 Å². The van der Waals surface area contributed by atoms with Gasteiger partial charge in [0.2, 0.25) is 12.7 Å². The lowest BCUT2D eigenvalue weighted by Crippen LogP contribution is -2.34. The van der Waals surface area contributed by atoms with Crippen molar-refractivity contribution in [2.75, 3.05) is 13.9 Å². The molecule has 204 valence electrons. The molecule has 0 fully saturated rings. The fourth-order valence-electron chi connectivity index (χ4n) is 4.15. The highest BCUT2D eigenvalue weighted by molar-refractivity contribution is 7.90. The maximum absolute atomic E-state index is 12.8. The van der Waals surface area contributed by atoms with Gasteiger partial charge in [0.05, 0.1) is 18.6 Å². The topological polar surface area (TPSA) is 133 Å². The highest BCUT2D eigenvalue weighted by Crippen LogP contribution is 2.31. The van der Waals surface area contributed by atoms with Crippen LogP contribution in [0.15, 0.2) is 71.8 Å². The number of carbonyl (C=O) groups is 2. The Kier molecular flexibility index (Phi) is 7.82. The van der Waals surface area contributed by atoms with Gasteiger partial charge in [-0.2, -0.15) is 0 Å². The smallest absolute Gasteiger partial charge is 0.335 e. The summed E-state index contributed by atoms with van der Waals surface area (Å²) in [5.41, 5.74) is 2.17. The van der Waals surface area contributed by atoms with E-state index in [9.17, 15) is 23.1 Å². The van der Waals surface area contributed by atoms with Crippen molar-refractivity contribution in [3.8, 4) is 17.2 Å². The number of nitrogens with one attached hydrogen (secondary N) is 1. The van der Waals surface area contributed by atoms with Gasteiger partial charge in [0.15, 0.2) is 11.5 Å². The van der Waals surface area contributed by atoms with Crippen molar-refractivity contribution in [3.05, 3.63) is 83.6 Å². The number of rotatable bonds is 6. The van der Waals surface area contributed by atoms with E-state index in [2.05, 4.69) is 4.72 Å². The van der Waals surface area contributed by atoms with E-state index in [0.717, 1.165) is 17.1 Å². The maximum atomic E-state index is 12.8. The van der Waals surface area contributed by atoms with Crippen LogP contribution in [0.1, 0.15) is 34.3 Å². The second kappa shape index (κ2) is 11.1. The average Bonchev–Trinajstić information content (AvgIpc) is 3.52. The molecule has 1 unspecified atom stereocenters. The summed E-state index contributed by atoms with van der Waals surface area (Å²) in [4.78, 5) is 23.9. The van der Waals surface area contributed by atoms with Gasteiger partial charge in [0.1, 0.15) is 10.6 Å². The number of amides is 1. The molecule has 0 spiro atoms. The molecule has 1 atom stereocenters. The molecule has 2 heterocycles. The van der Waals surface area contributed by atoms with Gasteiger partial charge in [0, 0.05) is 24.1 Å². The summed E-state index contributed by atoms with van der Waals surface area (Å²) in [5.74, 6) is -0.712. The number of aryl methyl sites for hydroxylation is 2. The first kappa shape index (κ1) is 27.5. The number of fused-ring (bicyclic) bond motifs is 2. The summed E-state index contributed by atoms with van der Waals surface area (Å²) in [5, 5.41) is 9.86. The third-order valence-corrected chi connectivity index (χ3v) is 7.64. The third-order valence-electron chi connectivity index (χ3n) is 6.25. The zero-order valence-electron chi connectivity index (χ0n) is 21.8. The molecule has 1 aromatic heterocycles. The minimum atomic E-state index is -4.15. The van der Waals surface area contributed by atoms with E-state index in [4.69, 9.17) is 14.2 Å². The molecule has 0 saturated heterocycles. The van der Waals surface area contributed by atoms with Crippen LogP contribution in [-0.4, -0.2) is 43.9 Å². The summed E-state index contributed by atoms with van der Waals surface area (Å²) in [7, 11) is -1.05. The van der Waals surface area contributed by atoms with Crippen LogP contribution in [0.5, 0.6) is 17.2 Å². The van der Waals surface area contributed by atoms with Gasteiger partial charge in [-0.15, -0.1) is 0 Å². The number of carboxylic acids is 1. The molecule has 3 aromatic carbocycles. The Labute approximate surface area is 225 Å². The molecule has 11 heteroatoms. The Morgan fingerprint density at radius 3 is 2.33 bits per heavy atom. The van der Waals surface area contributed by atoms with Crippen LogP contribution < -0.4 is 18.9 Å². The summed E-state index contributed by atoms with van der Waals surface area (Å²) in [6.07, 6.45) is 1.69. The van der Waals surface area contributed by atoms with Gasteiger partial charge in [0.25, 0.3) is 10.0 Å². The minimum Gasteiger partial charge on any atom is -0.495 e. The van der Waals surface area contributed by atoms with Crippen LogP contribution in [0.25, 0.3) is 10.9 Å². The van der Waals surface area contributed by atoms with Crippen LogP contribution in [0.3, 0.4) is 0 Å². The van der Waals surface area contributed by atoms with E-state index in [-0.39, 0.29) is 16.2 Å². The van der Waals surface area contributed by atoms with Crippen LogP contribution in [-0.2, 0) is 21.9 Å². The number of carbonyl (C=O) groups excluding carboxylic acids is 1. The monoisotopic (exact) mass is 552 g/mol. The van der Waals surface area contributed by atoms with Gasteiger partial charge in [-0.1, -0.05) is 24.3 Å². The Morgan fingerprint density at radius 2 is 1.72 bits per heavy atom. The number of aromatic carboxylic acids is 1. The van der Waals surface area contributed by atoms with Gasteiger partial charge in [-0.05, 0) is 61.4 Å². The van der Waals surface area contributed by atoms with Crippen molar-refractivity contribution >= 4 is 32.8 Å². The molecule has 0 bridgehead atoms. The van der Waals surface area contributed by atoms with Crippen molar-refractivity contribution in [1.29, 1.82) is 0 Å².